The molecule has 2 aliphatic rings. The van der Waals surface area contributed by atoms with Gasteiger partial charge in [-0.25, -0.2) is 0 Å². The van der Waals surface area contributed by atoms with Crippen molar-refractivity contribution >= 4 is 5.78 Å². The fourth-order valence-electron chi connectivity index (χ4n) is 4.23. The van der Waals surface area contributed by atoms with Gasteiger partial charge in [0.2, 0.25) is 0 Å². The highest BCUT2D eigenvalue weighted by atomic mass is 16.5. The van der Waals surface area contributed by atoms with E-state index in [-0.39, 0.29) is 5.78 Å². The number of Topliss-reactive ketones (excluding diaryl/α,β-unsaturated/α-hetero) is 1. The van der Waals surface area contributed by atoms with Gasteiger partial charge in [0.25, 0.3) is 0 Å². The van der Waals surface area contributed by atoms with Gasteiger partial charge in [-0.05, 0) is 37.7 Å². The quantitative estimate of drug-likeness (QED) is 0.750. The summed E-state index contributed by atoms with van der Waals surface area (Å²) in [6.07, 6.45) is 8.24. The number of ether oxygens (including phenoxy) is 1. The topological polar surface area (TPSA) is 29.5 Å². The van der Waals surface area contributed by atoms with Crippen molar-refractivity contribution in [1.29, 1.82) is 0 Å². The summed E-state index contributed by atoms with van der Waals surface area (Å²) >= 11 is 0. The first kappa shape index (κ1) is 17.6. The number of carbonyl (C=O) groups is 1. The smallest absolute Gasteiger partial charge is 0.161 e. The molecule has 0 radical (unpaired) electrons. The molecule has 3 nitrogen and oxygen atoms in total. The largest absolute Gasteiger partial charge is 0.367 e. The van der Waals surface area contributed by atoms with Crippen molar-refractivity contribution in [1.82, 2.24) is 4.90 Å². The van der Waals surface area contributed by atoms with Crippen molar-refractivity contribution in [2.45, 2.75) is 64.0 Å². The van der Waals surface area contributed by atoms with Gasteiger partial charge in [0.05, 0.1) is 0 Å². The normalized spacial score (nSPS) is 21.9. The maximum absolute atomic E-state index is 12.3. The fourth-order valence-corrected chi connectivity index (χ4v) is 4.23. The second kappa shape index (κ2) is 8.26. The lowest BCUT2D eigenvalue weighted by Crippen LogP contribution is -2.50. The average Bonchev–Trinajstić information content (AvgIpc) is 3.11. The molecule has 3 rings (SSSR count). The van der Waals surface area contributed by atoms with E-state index in [1.54, 1.807) is 6.92 Å². The average molecular weight is 329 g/mol. The van der Waals surface area contributed by atoms with Crippen molar-refractivity contribution in [3.63, 3.8) is 0 Å². The number of ketones is 1. The van der Waals surface area contributed by atoms with Crippen LogP contribution < -0.4 is 0 Å². The van der Waals surface area contributed by atoms with Gasteiger partial charge in [-0.2, -0.15) is 0 Å². The van der Waals surface area contributed by atoms with Crippen LogP contribution in [0.5, 0.6) is 0 Å². The lowest BCUT2D eigenvalue weighted by molar-refractivity contribution is -0.150. The lowest BCUT2D eigenvalue weighted by atomic mass is 9.87. The summed E-state index contributed by atoms with van der Waals surface area (Å²) in [7, 11) is 0. The zero-order chi connectivity index (χ0) is 16.8. The lowest BCUT2D eigenvalue weighted by Gasteiger charge is -2.40. The van der Waals surface area contributed by atoms with E-state index in [2.05, 4.69) is 35.2 Å². The summed E-state index contributed by atoms with van der Waals surface area (Å²) in [5.74, 6) is 1.04. The van der Waals surface area contributed by atoms with Crippen LogP contribution in [0.2, 0.25) is 0 Å². The van der Waals surface area contributed by atoms with Gasteiger partial charge in [0.1, 0.15) is 5.60 Å². The van der Waals surface area contributed by atoms with Crippen molar-refractivity contribution in [2.75, 3.05) is 19.7 Å². The highest BCUT2D eigenvalue weighted by Crippen LogP contribution is 2.31. The molecule has 132 valence electrons. The van der Waals surface area contributed by atoms with Crippen LogP contribution in [0.4, 0.5) is 0 Å². The molecule has 1 aromatic rings. The molecule has 2 fully saturated rings. The molecule has 0 amide bonds. The van der Waals surface area contributed by atoms with Gasteiger partial charge in [-0.1, -0.05) is 56.0 Å². The number of rotatable bonds is 7. The summed E-state index contributed by atoms with van der Waals surface area (Å²) < 4.78 is 6.22. The molecular weight excluding hydrogens is 298 g/mol. The van der Waals surface area contributed by atoms with E-state index in [1.807, 2.05) is 0 Å². The molecular formula is C21H31NO2. The Kier molecular flexibility index (Phi) is 6.07. The predicted molar refractivity (Wildman–Crippen MR) is 96.9 cm³/mol. The molecule has 0 spiro atoms. The van der Waals surface area contributed by atoms with Crippen LogP contribution in [0, 0.1) is 5.92 Å². The Labute approximate surface area is 146 Å². The van der Waals surface area contributed by atoms with Crippen LogP contribution in [0.15, 0.2) is 30.3 Å². The minimum Gasteiger partial charge on any atom is -0.367 e. The Morgan fingerprint density at radius 3 is 2.46 bits per heavy atom. The number of carbonyl (C=O) groups excluding carboxylic acids is 1. The van der Waals surface area contributed by atoms with Gasteiger partial charge in [0.15, 0.2) is 5.78 Å². The first-order valence-corrected chi connectivity index (χ1v) is 9.59. The number of likely N-dealkylation sites (tertiary alicyclic amines) is 1. The van der Waals surface area contributed by atoms with Crippen LogP contribution in [-0.4, -0.2) is 36.0 Å². The Morgan fingerprint density at radius 2 is 1.83 bits per heavy atom. The summed E-state index contributed by atoms with van der Waals surface area (Å²) in [5.41, 5.74) is 0.821. The third-order valence-corrected chi connectivity index (χ3v) is 5.93. The van der Waals surface area contributed by atoms with Crippen LogP contribution in [0.25, 0.3) is 0 Å². The Hall–Kier alpha value is -1.19. The number of piperidine rings is 1. The molecule has 1 saturated heterocycles. The van der Waals surface area contributed by atoms with Crippen LogP contribution in [0.3, 0.4) is 0 Å². The van der Waals surface area contributed by atoms with E-state index >= 15 is 0 Å². The van der Waals surface area contributed by atoms with Gasteiger partial charge in [0, 0.05) is 26.2 Å². The highest BCUT2D eigenvalue weighted by molar-refractivity contribution is 5.85. The minimum absolute atomic E-state index is 0.216. The van der Waals surface area contributed by atoms with Crippen molar-refractivity contribution in [3.05, 3.63) is 35.9 Å². The molecule has 0 N–H and O–H groups in total. The summed E-state index contributed by atoms with van der Waals surface area (Å²) in [6, 6.07) is 10.6. The fraction of sp³-hybridized carbons (Fsp3) is 0.667. The molecule has 0 unspecified atom stereocenters. The van der Waals surface area contributed by atoms with Crippen LogP contribution in [0.1, 0.15) is 57.4 Å². The molecule has 3 heteroatoms. The van der Waals surface area contributed by atoms with Crippen LogP contribution >= 0.6 is 0 Å². The van der Waals surface area contributed by atoms with E-state index in [0.717, 1.165) is 51.4 Å². The Morgan fingerprint density at radius 1 is 1.17 bits per heavy atom. The summed E-state index contributed by atoms with van der Waals surface area (Å²) in [4.78, 5) is 14.7. The minimum atomic E-state index is -0.522. The third-order valence-electron chi connectivity index (χ3n) is 5.93. The zero-order valence-corrected chi connectivity index (χ0v) is 15.0. The number of nitrogens with zero attached hydrogens (tertiary/aromatic N) is 1. The maximum atomic E-state index is 12.3. The SMILES string of the molecule is CC(=O)C1(OCCC2CCCC2)CCN(Cc2ccccc2)CC1. The van der Waals surface area contributed by atoms with Crippen molar-refractivity contribution < 1.29 is 9.53 Å². The van der Waals surface area contributed by atoms with Crippen LogP contribution in [-0.2, 0) is 16.1 Å². The first-order valence-electron chi connectivity index (χ1n) is 9.59. The van der Waals surface area contributed by atoms with E-state index in [9.17, 15) is 4.79 Å². The molecule has 0 aromatic heterocycles. The molecule has 24 heavy (non-hydrogen) atoms. The monoisotopic (exact) mass is 329 g/mol. The van der Waals surface area contributed by atoms with E-state index in [1.165, 1.54) is 31.2 Å². The van der Waals surface area contributed by atoms with E-state index < -0.39 is 5.60 Å². The number of hydrogen-bond donors (Lipinski definition) is 0. The molecule has 1 aliphatic carbocycles. The second-order valence-corrected chi connectivity index (χ2v) is 7.60. The zero-order valence-electron chi connectivity index (χ0n) is 15.0. The van der Waals surface area contributed by atoms with Crippen molar-refractivity contribution in [2.24, 2.45) is 5.92 Å². The summed E-state index contributed by atoms with van der Waals surface area (Å²) in [5, 5.41) is 0. The van der Waals surface area contributed by atoms with E-state index in [4.69, 9.17) is 4.74 Å². The highest BCUT2D eigenvalue weighted by Gasteiger charge is 2.39. The molecule has 1 aromatic carbocycles. The number of benzene rings is 1. The Balaban J connectivity index is 1.49. The van der Waals surface area contributed by atoms with Gasteiger partial charge in [-0.3, -0.25) is 9.69 Å². The first-order chi connectivity index (χ1) is 11.7. The Bertz CT molecular complexity index is 514. The van der Waals surface area contributed by atoms with Gasteiger partial charge in [-0.15, -0.1) is 0 Å². The summed E-state index contributed by atoms with van der Waals surface area (Å²) in [6.45, 7) is 5.32. The standard InChI is InChI=1S/C21H31NO2/c1-18(23)21(24-16-11-19-7-5-6-8-19)12-14-22(15-13-21)17-20-9-3-2-4-10-20/h2-4,9-10,19H,5-8,11-17H2,1H3. The molecule has 0 atom stereocenters. The van der Waals surface area contributed by atoms with E-state index in [0.29, 0.717) is 0 Å². The van der Waals surface area contributed by atoms with Gasteiger partial charge < -0.3 is 4.74 Å². The molecule has 0 bridgehead atoms. The second-order valence-electron chi connectivity index (χ2n) is 7.60. The molecule has 1 saturated carbocycles. The third kappa shape index (κ3) is 4.46. The van der Waals surface area contributed by atoms with Gasteiger partial charge >= 0.3 is 0 Å². The van der Waals surface area contributed by atoms with Crippen molar-refractivity contribution in [3.8, 4) is 0 Å². The molecule has 1 heterocycles. The molecule has 1 aliphatic heterocycles. The number of hydrogen-bond acceptors (Lipinski definition) is 3. The predicted octanol–water partition coefficient (Wildman–Crippen LogP) is 4.21. The maximum Gasteiger partial charge on any atom is 0.161 e.